The summed E-state index contributed by atoms with van der Waals surface area (Å²) in [5.74, 6) is 0.584. The molecule has 1 aromatic carbocycles. The monoisotopic (exact) mass is 205 g/mol. The molecule has 12 heavy (non-hydrogen) atoms. The molecule has 0 unspecified atom stereocenters. The Kier molecular flexibility index (Phi) is 3.06. The van der Waals surface area contributed by atoms with Gasteiger partial charge in [-0.3, -0.25) is 0 Å². The van der Waals surface area contributed by atoms with Crippen LogP contribution < -0.4 is 10.1 Å². The van der Waals surface area contributed by atoms with Gasteiger partial charge in [-0.25, -0.2) is 0 Å². The number of benzene rings is 1. The quantitative estimate of drug-likeness (QED) is 0.802. The van der Waals surface area contributed by atoms with Crippen LogP contribution >= 0.6 is 23.2 Å². The minimum atomic E-state index is 0.436. The summed E-state index contributed by atoms with van der Waals surface area (Å²) in [5.41, 5.74) is 0.794. The van der Waals surface area contributed by atoms with Gasteiger partial charge in [0.2, 0.25) is 0 Å². The Morgan fingerprint density at radius 3 is 2.42 bits per heavy atom. The van der Waals surface area contributed by atoms with Crippen LogP contribution in [-0.4, -0.2) is 14.2 Å². The van der Waals surface area contributed by atoms with Crippen molar-refractivity contribution >= 4 is 28.9 Å². The zero-order valence-electron chi connectivity index (χ0n) is 6.82. The van der Waals surface area contributed by atoms with E-state index in [4.69, 9.17) is 27.9 Å². The molecule has 0 aliphatic rings. The molecule has 0 aliphatic carbocycles. The Labute approximate surface area is 81.4 Å². The van der Waals surface area contributed by atoms with Gasteiger partial charge in [0.05, 0.1) is 17.8 Å². The number of nitrogens with one attached hydrogen (secondary N) is 1. The van der Waals surface area contributed by atoms with Crippen LogP contribution in [0.4, 0.5) is 5.69 Å². The summed E-state index contributed by atoms with van der Waals surface area (Å²) in [7, 11) is 3.33. The average Bonchev–Trinajstić information content (AvgIpc) is 2.10. The minimum Gasteiger partial charge on any atom is -0.495 e. The maximum absolute atomic E-state index is 5.90. The largest absolute Gasteiger partial charge is 0.495 e. The number of rotatable bonds is 2. The number of anilines is 1. The van der Waals surface area contributed by atoms with E-state index in [1.807, 2.05) is 6.07 Å². The Balaban J connectivity index is 3.20. The number of ether oxygens (including phenoxy) is 1. The molecule has 1 aromatic rings. The second-order valence-electron chi connectivity index (χ2n) is 2.19. The first-order chi connectivity index (χ1) is 5.70. The highest BCUT2D eigenvalue weighted by Gasteiger charge is 2.08. The highest BCUT2D eigenvalue weighted by Crippen LogP contribution is 2.36. The van der Waals surface area contributed by atoms with Gasteiger partial charge in [0.1, 0.15) is 10.8 Å². The smallest absolute Gasteiger partial charge is 0.139 e. The zero-order chi connectivity index (χ0) is 9.14. The van der Waals surface area contributed by atoms with E-state index in [1.54, 1.807) is 20.2 Å². The van der Waals surface area contributed by atoms with Crippen molar-refractivity contribution in [1.82, 2.24) is 0 Å². The standard InChI is InChI=1S/C8H9Cl2NO/c1-11-5-3-4-6(12-2)8(10)7(5)9/h3-4,11H,1-2H3. The van der Waals surface area contributed by atoms with E-state index in [0.29, 0.717) is 15.8 Å². The van der Waals surface area contributed by atoms with Crippen molar-refractivity contribution in [3.05, 3.63) is 22.2 Å². The molecule has 1 rings (SSSR count). The molecule has 0 spiro atoms. The molecule has 0 atom stereocenters. The molecule has 0 bridgehead atoms. The molecular weight excluding hydrogens is 197 g/mol. The molecule has 0 saturated heterocycles. The van der Waals surface area contributed by atoms with Gasteiger partial charge < -0.3 is 10.1 Å². The van der Waals surface area contributed by atoms with E-state index in [2.05, 4.69) is 5.32 Å². The Morgan fingerprint density at radius 1 is 1.25 bits per heavy atom. The summed E-state index contributed by atoms with van der Waals surface area (Å²) in [6.45, 7) is 0. The van der Waals surface area contributed by atoms with Crippen molar-refractivity contribution in [3.63, 3.8) is 0 Å². The summed E-state index contributed by atoms with van der Waals surface area (Å²) in [6, 6.07) is 3.58. The Bertz CT molecular complexity index is 260. The lowest BCUT2D eigenvalue weighted by Gasteiger charge is -2.08. The average molecular weight is 206 g/mol. The molecule has 0 fully saturated rings. The van der Waals surface area contributed by atoms with Crippen LogP contribution in [0.25, 0.3) is 0 Å². The van der Waals surface area contributed by atoms with Crippen molar-refractivity contribution in [3.8, 4) is 5.75 Å². The molecule has 0 aromatic heterocycles. The highest BCUT2D eigenvalue weighted by atomic mass is 35.5. The van der Waals surface area contributed by atoms with Crippen LogP contribution in [0.1, 0.15) is 0 Å². The van der Waals surface area contributed by atoms with Crippen molar-refractivity contribution < 1.29 is 4.74 Å². The summed E-state index contributed by atoms with van der Waals surface area (Å²) in [6.07, 6.45) is 0. The summed E-state index contributed by atoms with van der Waals surface area (Å²) >= 11 is 11.8. The first-order valence-electron chi connectivity index (χ1n) is 3.40. The fourth-order valence-electron chi connectivity index (χ4n) is 0.882. The number of methoxy groups -OCH3 is 1. The number of hydrogen-bond donors (Lipinski definition) is 1. The molecule has 0 saturated carbocycles. The molecule has 2 nitrogen and oxygen atoms in total. The van der Waals surface area contributed by atoms with Crippen LogP contribution in [0.3, 0.4) is 0 Å². The van der Waals surface area contributed by atoms with E-state index < -0.39 is 0 Å². The lowest BCUT2D eigenvalue weighted by Crippen LogP contribution is -1.91. The number of halogens is 2. The van der Waals surface area contributed by atoms with Gasteiger partial charge in [0, 0.05) is 7.05 Å². The van der Waals surface area contributed by atoms with Crippen LogP contribution in [0.15, 0.2) is 12.1 Å². The topological polar surface area (TPSA) is 21.3 Å². The SMILES string of the molecule is CNc1ccc(OC)c(Cl)c1Cl. The third-order valence-electron chi connectivity index (χ3n) is 1.54. The van der Waals surface area contributed by atoms with Crippen molar-refractivity contribution in [2.24, 2.45) is 0 Å². The van der Waals surface area contributed by atoms with E-state index in [1.165, 1.54) is 0 Å². The molecular formula is C8H9Cl2NO. The second kappa shape index (κ2) is 3.87. The molecule has 1 N–H and O–H groups in total. The fraction of sp³-hybridized carbons (Fsp3) is 0.250. The first kappa shape index (κ1) is 9.49. The third kappa shape index (κ3) is 1.59. The van der Waals surface area contributed by atoms with Crippen LogP contribution in [0.2, 0.25) is 10.0 Å². The van der Waals surface area contributed by atoms with E-state index in [-0.39, 0.29) is 0 Å². The normalized spacial score (nSPS) is 9.67. The predicted octanol–water partition coefficient (Wildman–Crippen LogP) is 3.04. The summed E-state index contributed by atoms with van der Waals surface area (Å²) < 4.78 is 4.98. The maximum Gasteiger partial charge on any atom is 0.139 e. The third-order valence-corrected chi connectivity index (χ3v) is 2.40. The zero-order valence-corrected chi connectivity index (χ0v) is 8.33. The van der Waals surface area contributed by atoms with Gasteiger partial charge in [0.25, 0.3) is 0 Å². The number of hydrogen-bond acceptors (Lipinski definition) is 2. The summed E-state index contributed by atoms with van der Waals surface area (Å²) in [5, 5.41) is 3.84. The van der Waals surface area contributed by atoms with Crippen LogP contribution in [-0.2, 0) is 0 Å². The fourth-order valence-corrected chi connectivity index (χ4v) is 1.38. The molecule has 0 radical (unpaired) electrons. The van der Waals surface area contributed by atoms with Crippen molar-refractivity contribution in [2.45, 2.75) is 0 Å². The molecule has 0 amide bonds. The van der Waals surface area contributed by atoms with Crippen LogP contribution in [0.5, 0.6) is 5.75 Å². The molecule has 0 aliphatic heterocycles. The van der Waals surface area contributed by atoms with Gasteiger partial charge in [-0.15, -0.1) is 0 Å². The second-order valence-corrected chi connectivity index (χ2v) is 2.95. The Morgan fingerprint density at radius 2 is 1.92 bits per heavy atom. The van der Waals surface area contributed by atoms with Crippen LogP contribution in [0, 0.1) is 0 Å². The van der Waals surface area contributed by atoms with Gasteiger partial charge >= 0.3 is 0 Å². The summed E-state index contributed by atoms with van der Waals surface area (Å²) in [4.78, 5) is 0. The van der Waals surface area contributed by atoms with Gasteiger partial charge in [-0.1, -0.05) is 23.2 Å². The van der Waals surface area contributed by atoms with Gasteiger partial charge in [0.15, 0.2) is 0 Å². The lowest BCUT2D eigenvalue weighted by atomic mass is 10.3. The van der Waals surface area contributed by atoms with Gasteiger partial charge in [-0.2, -0.15) is 0 Å². The van der Waals surface area contributed by atoms with E-state index in [9.17, 15) is 0 Å². The minimum absolute atomic E-state index is 0.436. The van der Waals surface area contributed by atoms with E-state index >= 15 is 0 Å². The first-order valence-corrected chi connectivity index (χ1v) is 4.16. The van der Waals surface area contributed by atoms with Crippen molar-refractivity contribution in [2.75, 3.05) is 19.5 Å². The predicted molar refractivity (Wildman–Crippen MR) is 52.6 cm³/mol. The van der Waals surface area contributed by atoms with Crippen molar-refractivity contribution in [1.29, 1.82) is 0 Å². The lowest BCUT2D eigenvalue weighted by molar-refractivity contribution is 0.415. The molecule has 0 heterocycles. The molecule has 66 valence electrons. The highest BCUT2D eigenvalue weighted by molar-refractivity contribution is 6.44. The van der Waals surface area contributed by atoms with Gasteiger partial charge in [-0.05, 0) is 12.1 Å². The molecule has 4 heteroatoms. The maximum atomic E-state index is 5.90. The Hall–Kier alpha value is -0.600. The van der Waals surface area contributed by atoms with E-state index in [0.717, 1.165) is 5.69 Å².